The third-order valence-corrected chi connectivity index (χ3v) is 3.57. The molecule has 0 fully saturated rings. The molecule has 0 amide bonds. The van der Waals surface area contributed by atoms with Crippen LogP contribution in [0.25, 0.3) is 0 Å². The van der Waals surface area contributed by atoms with Crippen LogP contribution in [0, 0.1) is 0 Å². The van der Waals surface area contributed by atoms with Gasteiger partial charge in [0.05, 0.1) is 0 Å². The van der Waals surface area contributed by atoms with E-state index >= 15 is 0 Å². The molecule has 0 rings (SSSR count). The average Bonchev–Trinajstić information content (AvgIpc) is 2.21. The largest absolute Gasteiger partial charge is 0.311 e. The van der Waals surface area contributed by atoms with Crippen LogP contribution in [0.5, 0.6) is 0 Å². The number of hydrogen-bond donors (Lipinski definition) is 1. The zero-order valence-electron chi connectivity index (χ0n) is 10.7. The first kappa shape index (κ1) is 15.1. The van der Waals surface area contributed by atoms with Gasteiger partial charge in [0.1, 0.15) is 0 Å². The highest BCUT2D eigenvalue weighted by molar-refractivity contribution is 7.84. The third kappa shape index (κ3) is 9.06. The Kier molecular flexibility index (Phi) is 9.41. The van der Waals surface area contributed by atoms with Crippen molar-refractivity contribution in [3.8, 4) is 0 Å². The molecule has 0 aliphatic rings. The highest BCUT2D eigenvalue weighted by Gasteiger charge is 2.09. The molecule has 0 aromatic heterocycles. The zero-order chi connectivity index (χ0) is 11.7. The second kappa shape index (κ2) is 9.34. The Hall–Kier alpha value is 0.110. The molecule has 0 aromatic rings. The minimum atomic E-state index is -0.648. The summed E-state index contributed by atoms with van der Waals surface area (Å²) in [6.45, 7) is 6.66. The maximum absolute atomic E-state index is 11.0. The lowest BCUT2D eigenvalue weighted by atomic mass is 10.1. The van der Waals surface area contributed by atoms with Crippen molar-refractivity contribution in [2.75, 3.05) is 12.0 Å². The summed E-state index contributed by atoms with van der Waals surface area (Å²) in [6.07, 6.45) is 7.84. The molecule has 3 unspecified atom stereocenters. The monoisotopic (exact) mass is 233 g/mol. The van der Waals surface area contributed by atoms with Gasteiger partial charge in [0.25, 0.3) is 0 Å². The van der Waals surface area contributed by atoms with Crippen LogP contribution < -0.4 is 5.32 Å². The van der Waals surface area contributed by atoms with Crippen LogP contribution in [0.15, 0.2) is 0 Å². The van der Waals surface area contributed by atoms with Gasteiger partial charge in [0.2, 0.25) is 0 Å². The van der Waals surface area contributed by atoms with Crippen LogP contribution in [0.1, 0.15) is 52.9 Å². The van der Waals surface area contributed by atoms with E-state index in [4.69, 9.17) is 0 Å². The van der Waals surface area contributed by atoms with Gasteiger partial charge in [-0.25, -0.2) is 0 Å². The van der Waals surface area contributed by atoms with Gasteiger partial charge in [-0.15, -0.1) is 0 Å². The second-order valence-electron chi connectivity index (χ2n) is 4.38. The Bertz CT molecular complexity index is 173. The molecule has 1 N–H and O–H groups in total. The molecule has 0 spiro atoms. The first-order valence-corrected chi connectivity index (χ1v) is 7.88. The Morgan fingerprint density at radius 1 is 1.27 bits per heavy atom. The molecule has 92 valence electrons. The van der Waals surface area contributed by atoms with Crippen molar-refractivity contribution in [3.05, 3.63) is 0 Å². The van der Waals surface area contributed by atoms with Gasteiger partial charge >= 0.3 is 0 Å². The topological polar surface area (TPSA) is 29.1 Å². The van der Waals surface area contributed by atoms with Crippen molar-refractivity contribution in [2.24, 2.45) is 0 Å². The van der Waals surface area contributed by atoms with E-state index in [1.54, 1.807) is 6.26 Å². The summed E-state index contributed by atoms with van der Waals surface area (Å²) in [6, 6.07) is 1.14. The lowest BCUT2D eigenvalue weighted by Crippen LogP contribution is -2.36. The van der Waals surface area contributed by atoms with Gasteiger partial charge in [-0.05, 0) is 26.2 Å². The summed E-state index contributed by atoms with van der Waals surface area (Å²) < 4.78 is 11.0. The van der Waals surface area contributed by atoms with E-state index in [0.717, 1.165) is 12.2 Å². The predicted molar refractivity (Wildman–Crippen MR) is 69.8 cm³/mol. The normalized spacial score (nSPS) is 17.3. The zero-order valence-corrected chi connectivity index (χ0v) is 11.5. The van der Waals surface area contributed by atoms with Crippen LogP contribution in [0.2, 0.25) is 0 Å². The van der Waals surface area contributed by atoms with E-state index < -0.39 is 10.8 Å². The maximum atomic E-state index is 11.0. The molecule has 3 heteroatoms. The summed E-state index contributed by atoms with van der Waals surface area (Å²) in [4.78, 5) is 0. The first-order chi connectivity index (χ1) is 7.10. The molecule has 0 radical (unpaired) electrons. The van der Waals surface area contributed by atoms with Crippen molar-refractivity contribution in [1.82, 2.24) is 5.32 Å². The van der Waals surface area contributed by atoms with Crippen LogP contribution in [-0.2, 0) is 10.8 Å². The van der Waals surface area contributed by atoms with E-state index in [2.05, 4.69) is 26.1 Å². The van der Waals surface area contributed by atoms with Gasteiger partial charge in [0.15, 0.2) is 0 Å². The number of hydrogen-bond acceptors (Lipinski definition) is 2. The fourth-order valence-corrected chi connectivity index (χ4v) is 2.37. The van der Waals surface area contributed by atoms with Gasteiger partial charge in [0, 0.05) is 34.9 Å². The fraction of sp³-hybridized carbons (Fsp3) is 1.00. The molecule has 15 heavy (non-hydrogen) atoms. The average molecular weight is 233 g/mol. The summed E-state index contributed by atoms with van der Waals surface area (Å²) in [7, 11) is -0.648. The first-order valence-electron chi connectivity index (χ1n) is 6.16. The SMILES string of the molecule is CCCCC(CC)NC(C)CCS(C)=O. The van der Waals surface area contributed by atoms with Crippen molar-refractivity contribution < 1.29 is 4.21 Å². The van der Waals surface area contributed by atoms with Crippen LogP contribution >= 0.6 is 0 Å². The van der Waals surface area contributed by atoms with Gasteiger partial charge in [-0.2, -0.15) is 0 Å². The summed E-state index contributed by atoms with van der Waals surface area (Å²) in [5, 5.41) is 3.62. The minimum Gasteiger partial charge on any atom is -0.311 e. The molecule has 0 bridgehead atoms. The van der Waals surface area contributed by atoms with E-state index in [0.29, 0.717) is 12.1 Å². The molecule has 0 aromatic carbocycles. The van der Waals surface area contributed by atoms with E-state index in [1.807, 2.05) is 0 Å². The number of rotatable bonds is 9. The fourth-order valence-electron chi connectivity index (χ4n) is 1.68. The second-order valence-corrected chi connectivity index (χ2v) is 5.94. The van der Waals surface area contributed by atoms with Gasteiger partial charge in [-0.1, -0.05) is 26.7 Å². The smallest absolute Gasteiger partial charge is 0.0246 e. The predicted octanol–water partition coefficient (Wildman–Crippen LogP) is 2.70. The van der Waals surface area contributed by atoms with Gasteiger partial charge < -0.3 is 5.32 Å². The van der Waals surface area contributed by atoms with Crippen molar-refractivity contribution >= 4 is 10.8 Å². The van der Waals surface area contributed by atoms with Crippen molar-refractivity contribution in [1.29, 1.82) is 0 Å². The third-order valence-electron chi connectivity index (χ3n) is 2.76. The summed E-state index contributed by atoms with van der Waals surface area (Å²) in [5.41, 5.74) is 0. The minimum absolute atomic E-state index is 0.496. The molecule has 0 aliphatic heterocycles. The Labute approximate surface area is 97.7 Å². The highest BCUT2D eigenvalue weighted by Crippen LogP contribution is 2.06. The Morgan fingerprint density at radius 2 is 1.93 bits per heavy atom. The van der Waals surface area contributed by atoms with Crippen LogP contribution in [-0.4, -0.2) is 28.3 Å². The van der Waals surface area contributed by atoms with Crippen LogP contribution in [0.4, 0.5) is 0 Å². The summed E-state index contributed by atoms with van der Waals surface area (Å²) >= 11 is 0. The highest BCUT2D eigenvalue weighted by atomic mass is 32.2. The quantitative estimate of drug-likeness (QED) is 0.663. The summed E-state index contributed by atoms with van der Waals surface area (Å²) in [5.74, 6) is 0.818. The van der Waals surface area contributed by atoms with E-state index in [-0.39, 0.29) is 0 Å². The number of nitrogens with one attached hydrogen (secondary N) is 1. The van der Waals surface area contributed by atoms with E-state index in [9.17, 15) is 4.21 Å². The van der Waals surface area contributed by atoms with E-state index in [1.165, 1.54) is 25.7 Å². The lowest BCUT2D eigenvalue weighted by Gasteiger charge is -2.21. The molecule has 3 atom stereocenters. The molecular weight excluding hydrogens is 206 g/mol. The lowest BCUT2D eigenvalue weighted by molar-refractivity contribution is 0.398. The maximum Gasteiger partial charge on any atom is 0.0246 e. The molecule has 0 heterocycles. The molecule has 0 aliphatic carbocycles. The molecule has 0 saturated carbocycles. The van der Waals surface area contributed by atoms with Crippen molar-refractivity contribution in [3.63, 3.8) is 0 Å². The molecule has 0 saturated heterocycles. The standard InChI is InChI=1S/C12H27NOS/c1-5-7-8-12(6-2)13-11(3)9-10-15(4)14/h11-13H,5-10H2,1-4H3. The van der Waals surface area contributed by atoms with Crippen molar-refractivity contribution in [2.45, 2.75) is 65.0 Å². The molecule has 2 nitrogen and oxygen atoms in total. The Morgan fingerprint density at radius 3 is 2.40 bits per heavy atom. The number of unbranched alkanes of at least 4 members (excludes halogenated alkanes) is 1. The molecular formula is C12H27NOS. The van der Waals surface area contributed by atoms with Crippen LogP contribution in [0.3, 0.4) is 0 Å². The van der Waals surface area contributed by atoms with Gasteiger partial charge in [-0.3, -0.25) is 4.21 Å². The Balaban J connectivity index is 3.69.